The van der Waals surface area contributed by atoms with E-state index >= 15 is 0 Å². The predicted octanol–water partition coefficient (Wildman–Crippen LogP) is 2.35. The van der Waals surface area contributed by atoms with Crippen molar-refractivity contribution in [2.24, 2.45) is 5.73 Å². The summed E-state index contributed by atoms with van der Waals surface area (Å²) in [7, 11) is 0. The summed E-state index contributed by atoms with van der Waals surface area (Å²) in [6, 6.07) is 1.000. The van der Waals surface area contributed by atoms with Crippen LogP contribution in [-0.2, 0) is 0 Å². The summed E-state index contributed by atoms with van der Waals surface area (Å²) in [5.41, 5.74) is 6.46. The van der Waals surface area contributed by atoms with Crippen molar-refractivity contribution in [1.29, 1.82) is 0 Å². The fraction of sp³-hybridized carbons (Fsp3) is 0.688. The summed E-state index contributed by atoms with van der Waals surface area (Å²) in [6.07, 6.45) is 10.6. The van der Waals surface area contributed by atoms with Crippen molar-refractivity contribution in [2.45, 2.75) is 64.0 Å². The van der Waals surface area contributed by atoms with E-state index in [0.29, 0.717) is 23.3 Å². The molecule has 1 aliphatic carbocycles. The minimum Gasteiger partial charge on any atom is -0.365 e. The van der Waals surface area contributed by atoms with Crippen molar-refractivity contribution in [3.8, 4) is 0 Å². The number of rotatable bonds is 3. The van der Waals surface area contributed by atoms with Gasteiger partial charge < -0.3 is 5.73 Å². The number of aryl methyl sites for hydroxylation is 1. The van der Waals surface area contributed by atoms with Crippen molar-refractivity contribution in [3.05, 3.63) is 23.3 Å². The third-order valence-corrected chi connectivity index (χ3v) is 4.90. The molecule has 2 aliphatic rings. The predicted molar refractivity (Wildman–Crippen MR) is 80.8 cm³/mol. The number of likely N-dealkylation sites (tertiary alicyclic amines) is 1. The number of aromatic nitrogens is 2. The van der Waals surface area contributed by atoms with Gasteiger partial charge in [0.25, 0.3) is 5.91 Å². The molecular weight excluding hydrogens is 264 g/mol. The van der Waals surface area contributed by atoms with Crippen molar-refractivity contribution < 1.29 is 4.79 Å². The normalized spacial score (nSPS) is 24.3. The van der Waals surface area contributed by atoms with Crippen LogP contribution in [0.25, 0.3) is 0 Å². The summed E-state index contributed by atoms with van der Waals surface area (Å²) in [5.74, 6) is 0.412. The maximum atomic E-state index is 11.3. The summed E-state index contributed by atoms with van der Waals surface area (Å²) in [6.45, 7) is 2.99. The highest BCUT2D eigenvalue weighted by Crippen LogP contribution is 2.36. The molecule has 1 atom stereocenters. The topological polar surface area (TPSA) is 72.1 Å². The Hall–Kier alpha value is -1.49. The highest BCUT2D eigenvalue weighted by Gasteiger charge is 2.34. The minimum absolute atomic E-state index is 0.314. The first-order chi connectivity index (χ1) is 10.2. The Bertz CT molecular complexity index is 525. The Morgan fingerprint density at radius 1 is 1.24 bits per heavy atom. The van der Waals surface area contributed by atoms with Gasteiger partial charge in [-0.3, -0.25) is 9.69 Å². The van der Waals surface area contributed by atoms with Gasteiger partial charge in [0, 0.05) is 12.2 Å². The van der Waals surface area contributed by atoms with Gasteiger partial charge in [0.1, 0.15) is 5.82 Å². The van der Waals surface area contributed by atoms with Crippen LogP contribution in [0, 0.1) is 6.92 Å². The van der Waals surface area contributed by atoms with Gasteiger partial charge in [0.15, 0.2) is 0 Å². The van der Waals surface area contributed by atoms with Gasteiger partial charge in [-0.1, -0.05) is 19.3 Å². The van der Waals surface area contributed by atoms with Crippen LogP contribution in [0.15, 0.2) is 6.20 Å². The van der Waals surface area contributed by atoms with Gasteiger partial charge >= 0.3 is 0 Å². The molecule has 1 saturated heterocycles. The Balaban J connectivity index is 1.81. The van der Waals surface area contributed by atoms with E-state index in [9.17, 15) is 4.79 Å². The lowest BCUT2D eigenvalue weighted by Crippen LogP contribution is -2.37. The standard InChI is InChI=1S/C16H24N4O/c1-11-13(15(17)21)10-18-16(19-11)14-8-5-9-20(14)12-6-3-2-4-7-12/h10,12,14H,2-9H2,1H3,(H2,17,21). The average molecular weight is 288 g/mol. The number of nitrogens with zero attached hydrogens (tertiary/aromatic N) is 3. The molecule has 2 heterocycles. The van der Waals surface area contributed by atoms with E-state index in [1.165, 1.54) is 38.5 Å². The highest BCUT2D eigenvalue weighted by atomic mass is 16.1. The molecule has 114 valence electrons. The van der Waals surface area contributed by atoms with Crippen LogP contribution in [0.1, 0.15) is 72.9 Å². The summed E-state index contributed by atoms with van der Waals surface area (Å²) < 4.78 is 0. The molecule has 1 saturated carbocycles. The molecule has 1 aromatic rings. The zero-order valence-corrected chi connectivity index (χ0v) is 12.7. The first-order valence-corrected chi connectivity index (χ1v) is 8.06. The van der Waals surface area contributed by atoms with E-state index in [1.807, 2.05) is 6.92 Å². The molecule has 0 bridgehead atoms. The van der Waals surface area contributed by atoms with Crippen LogP contribution >= 0.6 is 0 Å². The maximum Gasteiger partial charge on any atom is 0.252 e. The number of hydrogen-bond acceptors (Lipinski definition) is 4. The van der Waals surface area contributed by atoms with Gasteiger partial charge in [-0.05, 0) is 39.2 Å². The summed E-state index contributed by atoms with van der Waals surface area (Å²) >= 11 is 0. The van der Waals surface area contributed by atoms with Crippen LogP contribution in [0.5, 0.6) is 0 Å². The van der Waals surface area contributed by atoms with Crippen LogP contribution < -0.4 is 5.73 Å². The smallest absolute Gasteiger partial charge is 0.252 e. The molecule has 5 nitrogen and oxygen atoms in total. The Morgan fingerprint density at radius 2 is 2.00 bits per heavy atom. The monoisotopic (exact) mass is 288 g/mol. The van der Waals surface area contributed by atoms with Crippen molar-refractivity contribution >= 4 is 5.91 Å². The second-order valence-electron chi connectivity index (χ2n) is 6.28. The van der Waals surface area contributed by atoms with Crippen LogP contribution in [0.4, 0.5) is 0 Å². The van der Waals surface area contributed by atoms with Crippen LogP contribution in [0.2, 0.25) is 0 Å². The number of amides is 1. The number of carbonyl (C=O) groups excluding carboxylic acids is 1. The van der Waals surface area contributed by atoms with E-state index in [1.54, 1.807) is 6.20 Å². The summed E-state index contributed by atoms with van der Waals surface area (Å²) in [4.78, 5) is 22.9. The number of carbonyl (C=O) groups is 1. The molecule has 1 aromatic heterocycles. The van der Waals surface area contributed by atoms with Gasteiger partial charge in [-0.15, -0.1) is 0 Å². The van der Waals surface area contributed by atoms with Gasteiger partial charge in [-0.25, -0.2) is 9.97 Å². The second kappa shape index (κ2) is 6.10. The SMILES string of the molecule is Cc1nc(C2CCCN2C2CCCCC2)ncc1C(N)=O. The largest absolute Gasteiger partial charge is 0.365 e. The van der Waals surface area contributed by atoms with E-state index in [2.05, 4.69) is 14.9 Å². The molecule has 3 rings (SSSR count). The van der Waals surface area contributed by atoms with Crippen molar-refractivity contribution in [1.82, 2.24) is 14.9 Å². The van der Waals surface area contributed by atoms with E-state index in [-0.39, 0.29) is 0 Å². The first-order valence-electron chi connectivity index (χ1n) is 8.06. The lowest BCUT2D eigenvalue weighted by molar-refractivity contribution is 0.0998. The van der Waals surface area contributed by atoms with E-state index in [4.69, 9.17) is 5.73 Å². The molecule has 21 heavy (non-hydrogen) atoms. The Morgan fingerprint density at radius 3 is 2.67 bits per heavy atom. The molecule has 0 aromatic carbocycles. The number of primary amides is 1. The molecule has 0 radical (unpaired) electrons. The van der Waals surface area contributed by atoms with Gasteiger partial charge in [0.2, 0.25) is 0 Å². The van der Waals surface area contributed by atoms with Crippen LogP contribution in [0.3, 0.4) is 0 Å². The zero-order valence-electron chi connectivity index (χ0n) is 12.7. The van der Waals surface area contributed by atoms with E-state index in [0.717, 1.165) is 18.8 Å². The lowest BCUT2D eigenvalue weighted by atomic mass is 9.93. The highest BCUT2D eigenvalue weighted by molar-refractivity contribution is 5.93. The van der Waals surface area contributed by atoms with Crippen molar-refractivity contribution in [3.63, 3.8) is 0 Å². The molecule has 1 amide bonds. The summed E-state index contributed by atoms with van der Waals surface area (Å²) in [5, 5.41) is 0. The number of hydrogen-bond donors (Lipinski definition) is 1. The fourth-order valence-corrected chi connectivity index (χ4v) is 3.80. The second-order valence-corrected chi connectivity index (χ2v) is 6.28. The lowest BCUT2D eigenvalue weighted by Gasteiger charge is -2.34. The Labute approximate surface area is 125 Å². The third-order valence-electron chi connectivity index (χ3n) is 4.90. The van der Waals surface area contributed by atoms with E-state index < -0.39 is 5.91 Å². The minimum atomic E-state index is -0.449. The quantitative estimate of drug-likeness (QED) is 0.926. The molecule has 0 spiro atoms. The molecular formula is C16H24N4O. The first kappa shape index (κ1) is 14.4. The van der Waals surface area contributed by atoms with Gasteiger partial charge in [-0.2, -0.15) is 0 Å². The molecule has 2 N–H and O–H groups in total. The maximum absolute atomic E-state index is 11.3. The molecule has 1 unspecified atom stereocenters. The number of nitrogens with two attached hydrogens (primary N) is 1. The fourth-order valence-electron chi connectivity index (χ4n) is 3.80. The molecule has 2 fully saturated rings. The molecule has 1 aliphatic heterocycles. The zero-order chi connectivity index (χ0) is 14.8. The van der Waals surface area contributed by atoms with Crippen molar-refractivity contribution in [2.75, 3.05) is 6.54 Å². The van der Waals surface area contributed by atoms with Crippen LogP contribution in [-0.4, -0.2) is 33.4 Å². The average Bonchev–Trinajstić information content (AvgIpc) is 2.97. The third kappa shape index (κ3) is 2.93. The molecule has 5 heteroatoms. The Kier molecular flexibility index (Phi) is 4.19. The van der Waals surface area contributed by atoms with Gasteiger partial charge in [0.05, 0.1) is 17.3 Å².